The molecule has 0 fully saturated rings. The molecule has 1 N–H and O–H groups in total. The zero-order valence-corrected chi connectivity index (χ0v) is 19.1. The Labute approximate surface area is 195 Å². The molecule has 0 spiro atoms. The predicted molar refractivity (Wildman–Crippen MR) is 129 cm³/mol. The first kappa shape index (κ1) is 21.4. The van der Waals surface area contributed by atoms with E-state index in [1.807, 2.05) is 67.7 Å². The van der Waals surface area contributed by atoms with E-state index in [1.165, 1.54) is 0 Å². The number of nitrogens with zero attached hydrogens (tertiary/aromatic N) is 3. The van der Waals surface area contributed by atoms with Crippen LogP contribution in [0, 0.1) is 4.84 Å². The summed E-state index contributed by atoms with van der Waals surface area (Å²) in [4.78, 5) is 2.38. The molecule has 0 atom stereocenters. The van der Waals surface area contributed by atoms with Crippen LogP contribution >= 0.6 is 35.4 Å². The molecule has 0 aliphatic carbocycles. The van der Waals surface area contributed by atoms with Gasteiger partial charge in [0.1, 0.15) is 6.67 Å². The van der Waals surface area contributed by atoms with E-state index in [4.69, 9.17) is 39.8 Å². The zero-order valence-electron chi connectivity index (χ0n) is 16.8. The minimum atomic E-state index is 0.331. The van der Waals surface area contributed by atoms with Gasteiger partial charge in [-0.1, -0.05) is 65.7 Å². The fraction of sp³-hybridized carbons (Fsp3) is 0.130. The number of benzene rings is 3. The Hall–Kier alpha value is -2.80. The van der Waals surface area contributed by atoms with Gasteiger partial charge in [0.2, 0.25) is 5.89 Å². The second kappa shape index (κ2) is 9.56. The predicted octanol–water partition coefficient (Wildman–Crippen LogP) is 6.94. The molecule has 4 rings (SSSR count). The number of rotatable bonds is 7. The van der Waals surface area contributed by atoms with E-state index < -0.39 is 0 Å². The molecule has 158 valence electrons. The number of nitrogens with one attached hydrogen (secondary N) is 1. The third-order valence-electron chi connectivity index (χ3n) is 4.77. The number of hydrogen-bond acceptors (Lipinski definition) is 5. The molecule has 0 bridgehead atoms. The van der Waals surface area contributed by atoms with Crippen molar-refractivity contribution in [2.24, 2.45) is 0 Å². The van der Waals surface area contributed by atoms with Crippen molar-refractivity contribution in [1.82, 2.24) is 9.78 Å². The Morgan fingerprint density at radius 2 is 1.65 bits per heavy atom. The number of hydrogen-bond donors (Lipinski definition) is 1. The van der Waals surface area contributed by atoms with Gasteiger partial charge in [-0.2, -0.15) is 0 Å². The first-order valence-corrected chi connectivity index (χ1v) is 10.8. The van der Waals surface area contributed by atoms with E-state index in [9.17, 15) is 0 Å². The first-order valence-electron chi connectivity index (χ1n) is 9.63. The molecule has 4 aromatic rings. The smallest absolute Gasteiger partial charge is 0.288 e. The Morgan fingerprint density at radius 1 is 0.968 bits per heavy atom. The molecule has 0 unspecified atom stereocenters. The average molecular weight is 471 g/mol. The second-order valence-corrected chi connectivity index (χ2v) is 8.16. The quantitative estimate of drug-likeness (QED) is 0.296. The number of para-hydroxylation sites is 3. The summed E-state index contributed by atoms with van der Waals surface area (Å²) in [5.74, 6) is 0.533. The molecule has 1 heterocycles. The molecule has 0 aliphatic rings. The fourth-order valence-corrected chi connectivity index (χ4v) is 3.87. The van der Waals surface area contributed by atoms with Crippen molar-refractivity contribution in [3.8, 4) is 0 Å². The minimum absolute atomic E-state index is 0.331. The topological polar surface area (TPSA) is 46.2 Å². The summed E-state index contributed by atoms with van der Waals surface area (Å²) in [5, 5.41) is 9.01. The highest BCUT2D eigenvalue weighted by Gasteiger charge is 2.13. The van der Waals surface area contributed by atoms with Gasteiger partial charge in [-0.3, -0.25) is 0 Å². The molecule has 31 heavy (non-hydrogen) atoms. The van der Waals surface area contributed by atoms with Gasteiger partial charge in [-0.15, -0.1) is 5.10 Å². The molecule has 0 saturated heterocycles. The van der Waals surface area contributed by atoms with E-state index in [0.29, 0.717) is 39.6 Å². The molecule has 0 amide bonds. The van der Waals surface area contributed by atoms with Crippen LogP contribution in [0.2, 0.25) is 10.0 Å². The van der Waals surface area contributed by atoms with Crippen LogP contribution in [0.1, 0.15) is 11.5 Å². The highest BCUT2D eigenvalue weighted by Crippen LogP contribution is 2.34. The summed E-state index contributed by atoms with van der Waals surface area (Å²) < 4.78 is 7.45. The summed E-state index contributed by atoms with van der Waals surface area (Å²) in [7, 11) is 1.98. The molecule has 0 radical (unpaired) electrons. The first-order chi connectivity index (χ1) is 15.0. The van der Waals surface area contributed by atoms with Crippen LogP contribution in [0.25, 0.3) is 0 Å². The van der Waals surface area contributed by atoms with Gasteiger partial charge in [0.15, 0.2) is 0 Å². The summed E-state index contributed by atoms with van der Waals surface area (Å²) in [5.41, 5.74) is 3.59. The van der Waals surface area contributed by atoms with Crippen molar-refractivity contribution in [2.45, 2.75) is 13.1 Å². The van der Waals surface area contributed by atoms with Gasteiger partial charge < -0.3 is 14.6 Å². The van der Waals surface area contributed by atoms with Crippen molar-refractivity contribution >= 4 is 52.5 Å². The average Bonchev–Trinajstić information content (AvgIpc) is 3.11. The minimum Gasteiger partial charge on any atom is -0.414 e. The van der Waals surface area contributed by atoms with Crippen molar-refractivity contribution in [3.63, 3.8) is 0 Å². The van der Waals surface area contributed by atoms with E-state index in [1.54, 1.807) is 16.8 Å². The van der Waals surface area contributed by atoms with E-state index >= 15 is 0 Å². The van der Waals surface area contributed by atoms with Crippen molar-refractivity contribution in [1.29, 1.82) is 0 Å². The Balaban J connectivity index is 1.54. The van der Waals surface area contributed by atoms with Crippen LogP contribution in [0.5, 0.6) is 0 Å². The maximum absolute atomic E-state index is 6.32. The molecule has 5 nitrogen and oxygen atoms in total. The van der Waals surface area contributed by atoms with Crippen molar-refractivity contribution in [2.75, 3.05) is 17.3 Å². The van der Waals surface area contributed by atoms with Gasteiger partial charge in [-0.05, 0) is 48.1 Å². The maximum Gasteiger partial charge on any atom is 0.288 e. The molecule has 0 aliphatic heterocycles. The lowest BCUT2D eigenvalue weighted by Crippen LogP contribution is -2.22. The van der Waals surface area contributed by atoms with Gasteiger partial charge in [0.05, 0.1) is 22.2 Å². The van der Waals surface area contributed by atoms with E-state index in [-0.39, 0.29) is 0 Å². The molecular weight excluding hydrogens is 451 g/mol. The van der Waals surface area contributed by atoms with Crippen molar-refractivity contribution in [3.05, 3.63) is 99.1 Å². The molecule has 0 saturated carbocycles. The van der Waals surface area contributed by atoms with Crippen molar-refractivity contribution < 1.29 is 4.42 Å². The standard InChI is InChI=1S/C23H20Cl2N4OS/c1-28(17-9-3-2-4-10-17)15-29-23(31)30-21(27-29)14-16-8-5-6-13-20(16)26-22-18(24)11-7-12-19(22)25/h2-13,26H,14-15H2,1H3. The highest BCUT2D eigenvalue weighted by molar-refractivity contribution is 7.71. The number of halogens is 2. The summed E-state index contributed by atoms with van der Waals surface area (Å²) in [6.07, 6.45) is 0.469. The van der Waals surface area contributed by atoms with Gasteiger partial charge in [0, 0.05) is 18.4 Å². The second-order valence-electron chi connectivity index (χ2n) is 6.99. The lowest BCUT2D eigenvalue weighted by Gasteiger charge is -2.18. The van der Waals surface area contributed by atoms with E-state index in [0.717, 1.165) is 16.9 Å². The number of aromatic nitrogens is 2. The van der Waals surface area contributed by atoms with Crippen LogP contribution in [-0.4, -0.2) is 16.8 Å². The van der Waals surface area contributed by atoms with E-state index in [2.05, 4.69) is 15.3 Å². The Bertz CT molecular complexity index is 1220. The van der Waals surface area contributed by atoms with Crippen LogP contribution < -0.4 is 10.2 Å². The van der Waals surface area contributed by atoms with Gasteiger partial charge >= 0.3 is 0 Å². The fourth-order valence-electron chi connectivity index (χ4n) is 3.19. The highest BCUT2D eigenvalue weighted by atomic mass is 35.5. The zero-order chi connectivity index (χ0) is 21.8. The molecule has 3 aromatic carbocycles. The van der Waals surface area contributed by atoms with Crippen LogP contribution in [-0.2, 0) is 13.1 Å². The van der Waals surface area contributed by atoms with Crippen LogP contribution in [0.3, 0.4) is 0 Å². The summed E-state index contributed by atoms with van der Waals surface area (Å²) in [6, 6.07) is 23.3. The third kappa shape index (κ3) is 5.10. The number of anilines is 3. The molecule has 8 heteroatoms. The lowest BCUT2D eigenvalue weighted by molar-refractivity contribution is 0.476. The van der Waals surface area contributed by atoms with Gasteiger partial charge in [0.25, 0.3) is 4.84 Å². The lowest BCUT2D eigenvalue weighted by atomic mass is 10.1. The summed E-state index contributed by atoms with van der Waals surface area (Å²) >= 11 is 18.0. The Kier molecular flexibility index (Phi) is 6.61. The maximum atomic E-state index is 6.32. The monoisotopic (exact) mass is 470 g/mol. The normalized spacial score (nSPS) is 10.8. The molecule has 1 aromatic heterocycles. The van der Waals surface area contributed by atoms with Gasteiger partial charge in [-0.25, -0.2) is 4.68 Å². The van der Waals surface area contributed by atoms with Crippen LogP contribution in [0.15, 0.2) is 77.2 Å². The summed E-state index contributed by atoms with van der Waals surface area (Å²) in [6.45, 7) is 0.488. The Morgan fingerprint density at radius 3 is 2.39 bits per heavy atom. The van der Waals surface area contributed by atoms with Crippen LogP contribution in [0.4, 0.5) is 17.1 Å². The third-order valence-corrected chi connectivity index (χ3v) is 5.70. The largest absolute Gasteiger partial charge is 0.414 e. The molecular formula is C23H20Cl2N4OS. The SMILES string of the molecule is CN(Cn1nc(Cc2ccccc2Nc2c(Cl)cccc2Cl)oc1=S)c1ccccc1.